The lowest BCUT2D eigenvalue weighted by molar-refractivity contribution is -0.156. The van der Waals surface area contributed by atoms with Crippen LogP contribution in [0, 0.1) is 5.92 Å². The molecule has 1 heterocycles. The van der Waals surface area contributed by atoms with Crippen LogP contribution < -0.4 is 16.0 Å². The summed E-state index contributed by atoms with van der Waals surface area (Å²) in [7, 11) is 0. The van der Waals surface area contributed by atoms with Crippen LogP contribution in [0.4, 0.5) is 0 Å². The maximum absolute atomic E-state index is 13.1. The lowest BCUT2D eigenvalue weighted by Crippen LogP contribution is -2.55. The monoisotopic (exact) mass is 507 g/mol. The van der Waals surface area contributed by atoms with Gasteiger partial charge < -0.3 is 20.7 Å². The predicted molar refractivity (Wildman–Crippen MR) is 135 cm³/mol. The van der Waals surface area contributed by atoms with Crippen molar-refractivity contribution in [2.45, 2.75) is 96.9 Å². The van der Waals surface area contributed by atoms with Crippen LogP contribution in [0.5, 0.6) is 0 Å². The topological polar surface area (TPSA) is 114 Å². The first-order valence-corrected chi connectivity index (χ1v) is 12.9. The minimum atomic E-state index is -0.922. The molecule has 1 aromatic rings. The molecule has 0 aliphatic carbocycles. The molecule has 0 radical (unpaired) electrons. The van der Waals surface area contributed by atoms with Gasteiger partial charge in [0.05, 0.1) is 6.42 Å². The SMILES string of the molecule is CCCCC[C@@H]1CC(=O)N[C@@H](Cc2cccc(Cl)c2)C(=O)N[C@@H](C)C(=O)N[C@H]([C@@H](C)CC)C(=O)O1. The highest BCUT2D eigenvalue weighted by Crippen LogP contribution is 2.17. The normalized spacial score (nSPS) is 25.2. The van der Waals surface area contributed by atoms with Gasteiger partial charge in [-0.25, -0.2) is 4.79 Å². The number of ether oxygens (including phenoxy) is 1. The van der Waals surface area contributed by atoms with Gasteiger partial charge in [-0.1, -0.05) is 63.8 Å². The van der Waals surface area contributed by atoms with Gasteiger partial charge in [0.1, 0.15) is 24.2 Å². The first kappa shape index (κ1) is 28.6. The van der Waals surface area contributed by atoms with Crippen LogP contribution in [0.1, 0.15) is 71.8 Å². The number of unbranched alkanes of at least 4 members (excludes halogenated alkanes) is 2. The number of nitrogens with one attached hydrogen (secondary N) is 3. The van der Waals surface area contributed by atoms with Crippen molar-refractivity contribution < 1.29 is 23.9 Å². The van der Waals surface area contributed by atoms with Crippen molar-refractivity contribution in [3.05, 3.63) is 34.9 Å². The lowest BCUT2D eigenvalue weighted by Gasteiger charge is -2.26. The fourth-order valence-corrected chi connectivity index (χ4v) is 4.17. The number of carbonyl (C=O) groups excluding carboxylic acids is 4. The molecule has 194 valence electrons. The Morgan fingerprint density at radius 1 is 1.06 bits per heavy atom. The third-order valence-corrected chi connectivity index (χ3v) is 6.56. The lowest BCUT2D eigenvalue weighted by atomic mass is 9.98. The summed E-state index contributed by atoms with van der Waals surface area (Å²) in [5.41, 5.74) is 0.766. The molecule has 1 aliphatic heterocycles. The molecule has 3 amide bonds. The molecule has 1 saturated heterocycles. The minimum absolute atomic E-state index is 0.0640. The van der Waals surface area contributed by atoms with Crippen LogP contribution in [-0.2, 0) is 30.3 Å². The van der Waals surface area contributed by atoms with Gasteiger partial charge in [0.15, 0.2) is 0 Å². The summed E-state index contributed by atoms with van der Waals surface area (Å²) >= 11 is 6.09. The summed E-state index contributed by atoms with van der Waals surface area (Å²) in [6.07, 6.45) is 3.38. The number of hydrogen-bond acceptors (Lipinski definition) is 5. The van der Waals surface area contributed by atoms with Crippen LogP contribution in [0.25, 0.3) is 0 Å². The predicted octanol–water partition coefficient (Wildman–Crippen LogP) is 3.30. The minimum Gasteiger partial charge on any atom is -0.460 e. The van der Waals surface area contributed by atoms with Crippen molar-refractivity contribution in [1.82, 2.24) is 16.0 Å². The standard InChI is InChI=1S/C26H38ClN3O5/c1-5-7-8-12-20-15-22(31)29-21(14-18-10-9-11-19(27)13-18)25(33)28-17(4)24(32)30-23(16(3)6-2)26(34)35-20/h9-11,13,16-17,20-21,23H,5-8,12,14-15H2,1-4H3,(H,28,33)(H,29,31)(H,30,32)/t16-,17-,20+,21-,23+/m0/s1. The average molecular weight is 508 g/mol. The van der Waals surface area contributed by atoms with Crippen LogP contribution in [-0.4, -0.2) is 47.9 Å². The Bertz CT molecular complexity index is 893. The van der Waals surface area contributed by atoms with E-state index in [1.807, 2.05) is 19.9 Å². The van der Waals surface area contributed by atoms with E-state index < -0.39 is 47.9 Å². The Morgan fingerprint density at radius 3 is 2.46 bits per heavy atom. The van der Waals surface area contributed by atoms with Gasteiger partial charge in [0.2, 0.25) is 17.7 Å². The Hall–Kier alpha value is -2.61. The molecule has 35 heavy (non-hydrogen) atoms. The van der Waals surface area contributed by atoms with Gasteiger partial charge in [-0.05, 0) is 43.4 Å². The second-order valence-electron chi connectivity index (χ2n) is 9.32. The molecule has 0 spiro atoms. The van der Waals surface area contributed by atoms with E-state index in [1.54, 1.807) is 18.2 Å². The zero-order valence-electron chi connectivity index (χ0n) is 21.1. The highest BCUT2D eigenvalue weighted by molar-refractivity contribution is 6.30. The number of amides is 3. The molecule has 0 aromatic heterocycles. The molecule has 0 saturated carbocycles. The van der Waals surface area contributed by atoms with Gasteiger partial charge in [-0.3, -0.25) is 14.4 Å². The van der Waals surface area contributed by atoms with Crippen molar-refractivity contribution >= 4 is 35.3 Å². The third kappa shape index (κ3) is 9.17. The average Bonchev–Trinajstić information content (AvgIpc) is 2.81. The molecule has 2 rings (SSSR count). The first-order valence-electron chi connectivity index (χ1n) is 12.5. The van der Waals surface area contributed by atoms with E-state index in [4.69, 9.17) is 16.3 Å². The van der Waals surface area contributed by atoms with Gasteiger partial charge in [0.25, 0.3) is 0 Å². The highest BCUT2D eigenvalue weighted by Gasteiger charge is 2.33. The molecule has 9 heteroatoms. The number of cyclic esters (lactones) is 1. The largest absolute Gasteiger partial charge is 0.460 e. The van der Waals surface area contributed by atoms with Gasteiger partial charge in [0, 0.05) is 11.4 Å². The fourth-order valence-electron chi connectivity index (χ4n) is 3.96. The molecule has 0 bridgehead atoms. The summed E-state index contributed by atoms with van der Waals surface area (Å²) in [5.74, 6) is -2.12. The van der Waals surface area contributed by atoms with E-state index in [2.05, 4.69) is 22.9 Å². The van der Waals surface area contributed by atoms with Crippen molar-refractivity contribution in [1.29, 1.82) is 0 Å². The number of esters is 1. The van der Waals surface area contributed by atoms with E-state index in [-0.39, 0.29) is 18.8 Å². The van der Waals surface area contributed by atoms with Gasteiger partial charge in [-0.2, -0.15) is 0 Å². The van der Waals surface area contributed by atoms with Crippen molar-refractivity contribution in [2.75, 3.05) is 0 Å². The van der Waals surface area contributed by atoms with E-state index in [1.165, 1.54) is 6.92 Å². The number of carbonyl (C=O) groups is 4. The third-order valence-electron chi connectivity index (χ3n) is 6.32. The summed E-state index contributed by atoms with van der Waals surface area (Å²) in [6, 6.07) is 4.33. The summed E-state index contributed by atoms with van der Waals surface area (Å²) in [6.45, 7) is 7.38. The van der Waals surface area contributed by atoms with E-state index in [0.717, 1.165) is 24.8 Å². The highest BCUT2D eigenvalue weighted by atomic mass is 35.5. The molecule has 1 aromatic carbocycles. The van der Waals surface area contributed by atoms with Crippen molar-refractivity contribution in [3.63, 3.8) is 0 Å². The smallest absolute Gasteiger partial charge is 0.329 e. The van der Waals surface area contributed by atoms with Crippen molar-refractivity contribution in [3.8, 4) is 0 Å². The van der Waals surface area contributed by atoms with Gasteiger partial charge in [-0.15, -0.1) is 0 Å². The zero-order chi connectivity index (χ0) is 26.0. The van der Waals surface area contributed by atoms with Crippen molar-refractivity contribution in [2.24, 2.45) is 5.92 Å². The van der Waals surface area contributed by atoms with Crippen LogP contribution >= 0.6 is 11.6 Å². The Balaban J connectivity index is 2.33. The number of hydrogen-bond donors (Lipinski definition) is 3. The molecule has 3 N–H and O–H groups in total. The summed E-state index contributed by atoms with van der Waals surface area (Å²) < 4.78 is 5.76. The molecular formula is C26H38ClN3O5. The van der Waals surface area contributed by atoms with Crippen LogP contribution in [0.3, 0.4) is 0 Å². The fraction of sp³-hybridized carbons (Fsp3) is 0.615. The molecule has 5 atom stereocenters. The number of halogens is 1. The maximum atomic E-state index is 13.1. The summed E-state index contributed by atoms with van der Waals surface area (Å²) in [5, 5.41) is 8.70. The molecule has 1 fully saturated rings. The van der Waals surface area contributed by atoms with Crippen LogP contribution in [0.15, 0.2) is 24.3 Å². The Kier molecular flexibility index (Phi) is 11.5. The summed E-state index contributed by atoms with van der Waals surface area (Å²) in [4.78, 5) is 52.0. The molecular weight excluding hydrogens is 470 g/mol. The molecule has 0 unspecified atom stereocenters. The first-order chi connectivity index (χ1) is 16.6. The quantitative estimate of drug-likeness (QED) is 0.369. The second kappa shape index (κ2) is 14.1. The molecule has 8 nitrogen and oxygen atoms in total. The second-order valence-corrected chi connectivity index (χ2v) is 9.75. The van der Waals surface area contributed by atoms with E-state index in [0.29, 0.717) is 17.9 Å². The maximum Gasteiger partial charge on any atom is 0.329 e. The van der Waals surface area contributed by atoms with E-state index >= 15 is 0 Å². The Morgan fingerprint density at radius 2 is 1.80 bits per heavy atom. The number of benzene rings is 1. The van der Waals surface area contributed by atoms with Crippen LogP contribution in [0.2, 0.25) is 5.02 Å². The number of rotatable bonds is 8. The van der Waals surface area contributed by atoms with Gasteiger partial charge >= 0.3 is 5.97 Å². The molecule has 1 aliphatic rings. The Labute approximate surface area is 212 Å². The zero-order valence-corrected chi connectivity index (χ0v) is 21.8. The van der Waals surface area contributed by atoms with E-state index in [9.17, 15) is 19.2 Å².